The average molecular weight is 233 g/mol. The molecule has 2 heterocycles. The summed E-state index contributed by atoms with van der Waals surface area (Å²) in [5.41, 5.74) is 2.47. The second kappa shape index (κ2) is 5.24. The zero-order chi connectivity index (χ0) is 12.3. The lowest BCUT2D eigenvalue weighted by Gasteiger charge is -2.14. The van der Waals surface area contributed by atoms with Crippen LogP contribution in [-0.2, 0) is 13.0 Å². The SMILES string of the molecule is CCc1ncc(CN2CC[C@@H](F)C2)cc1C#N. The molecule has 1 aromatic rings. The van der Waals surface area contributed by atoms with Gasteiger partial charge >= 0.3 is 0 Å². The van der Waals surface area contributed by atoms with Gasteiger partial charge in [-0.1, -0.05) is 6.92 Å². The van der Waals surface area contributed by atoms with Gasteiger partial charge in [-0.05, 0) is 24.5 Å². The van der Waals surface area contributed by atoms with Gasteiger partial charge in [-0.15, -0.1) is 0 Å². The molecule has 0 bridgehead atoms. The number of hydrogen-bond donors (Lipinski definition) is 0. The lowest BCUT2D eigenvalue weighted by Crippen LogP contribution is -2.20. The van der Waals surface area contributed by atoms with Crippen molar-refractivity contribution in [2.24, 2.45) is 0 Å². The monoisotopic (exact) mass is 233 g/mol. The molecule has 1 fully saturated rings. The van der Waals surface area contributed by atoms with E-state index >= 15 is 0 Å². The Morgan fingerprint density at radius 2 is 2.47 bits per heavy atom. The number of aryl methyl sites for hydroxylation is 1. The molecule has 0 amide bonds. The lowest BCUT2D eigenvalue weighted by atomic mass is 10.1. The molecular weight excluding hydrogens is 217 g/mol. The maximum Gasteiger partial charge on any atom is 0.114 e. The molecule has 1 atom stereocenters. The fraction of sp³-hybridized carbons (Fsp3) is 0.538. The molecular formula is C13H16FN3. The van der Waals surface area contributed by atoms with Crippen molar-refractivity contribution in [2.45, 2.75) is 32.5 Å². The molecule has 0 N–H and O–H groups in total. The molecule has 0 aliphatic carbocycles. The van der Waals surface area contributed by atoms with Gasteiger partial charge in [0.25, 0.3) is 0 Å². The number of pyridine rings is 1. The van der Waals surface area contributed by atoms with E-state index in [-0.39, 0.29) is 0 Å². The van der Waals surface area contributed by atoms with Crippen molar-refractivity contribution in [1.82, 2.24) is 9.88 Å². The van der Waals surface area contributed by atoms with Crippen LogP contribution in [0.15, 0.2) is 12.3 Å². The van der Waals surface area contributed by atoms with Gasteiger partial charge in [-0.25, -0.2) is 4.39 Å². The Morgan fingerprint density at radius 1 is 1.65 bits per heavy atom. The van der Waals surface area contributed by atoms with Gasteiger partial charge < -0.3 is 0 Å². The molecule has 0 saturated carbocycles. The fourth-order valence-electron chi connectivity index (χ4n) is 2.19. The summed E-state index contributed by atoms with van der Waals surface area (Å²) in [6, 6.07) is 4.04. The molecule has 3 nitrogen and oxygen atoms in total. The third-order valence-corrected chi connectivity index (χ3v) is 3.10. The molecule has 90 valence electrons. The van der Waals surface area contributed by atoms with Gasteiger partial charge in [0.2, 0.25) is 0 Å². The third-order valence-electron chi connectivity index (χ3n) is 3.10. The summed E-state index contributed by atoms with van der Waals surface area (Å²) >= 11 is 0. The Hall–Kier alpha value is -1.47. The zero-order valence-electron chi connectivity index (χ0n) is 9.99. The summed E-state index contributed by atoms with van der Waals surface area (Å²) in [6.07, 6.45) is 2.48. The minimum absolute atomic E-state index is 0.497. The van der Waals surface area contributed by atoms with Crippen LogP contribution in [0.3, 0.4) is 0 Å². The summed E-state index contributed by atoms with van der Waals surface area (Å²) < 4.78 is 13.0. The van der Waals surface area contributed by atoms with Crippen molar-refractivity contribution in [3.05, 3.63) is 29.1 Å². The minimum Gasteiger partial charge on any atom is -0.296 e. The Balaban J connectivity index is 2.09. The van der Waals surface area contributed by atoms with E-state index in [4.69, 9.17) is 5.26 Å². The second-order valence-corrected chi connectivity index (χ2v) is 4.42. The van der Waals surface area contributed by atoms with Crippen LogP contribution in [0, 0.1) is 11.3 Å². The smallest absolute Gasteiger partial charge is 0.114 e. The van der Waals surface area contributed by atoms with Crippen LogP contribution < -0.4 is 0 Å². The summed E-state index contributed by atoms with van der Waals surface area (Å²) in [5, 5.41) is 9.01. The topological polar surface area (TPSA) is 39.9 Å². The normalized spacial score (nSPS) is 20.4. The van der Waals surface area contributed by atoms with E-state index in [1.165, 1.54) is 0 Å². The van der Waals surface area contributed by atoms with Gasteiger partial charge in [0, 0.05) is 25.8 Å². The number of nitrogens with zero attached hydrogens (tertiary/aromatic N) is 3. The van der Waals surface area contributed by atoms with Crippen LogP contribution in [0.25, 0.3) is 0 Å². The predicted molar refractivity (Wildman–Crippen MR) is 63.1 cm³/mol. The number of nitriles is 1. The first kappa shape index (κ1) is 12.0. The Kier molecular flexibility index (Phi) is 3.70. The van der Waals surface area contributed by atoms with Crippen LogP contribution >= 0.6 is 0 Å². The van der Waals surface area contributed by atoms with Crippen LogP contribution in [0.1, 0.15) is 30.2 Å². The lowest BCUT2D eigenvalue weighted by molar-refractivity contribution is 0.282. The van der Waals surface area contributed by atoms with Crippen molar-refractivity contribution in [3.63, 3.8) is 0 Å². The highest BCUT2D eigenvalue weighted by molar-refractivity contribution is 5.35. The summed E-state index contributed by atoms with van der Waals surface area (Å²) in [6.45, 7) is 3.96. The van der Waals surface area contributed by atoms with E-state index in [1.807, 2.05) is 13.0 Å². The van der Waals surface area contributed by atoms with Crippen LogP contribution in [0.2, 0.25) is 0 Å². The minimum atomic E-state index is -0.701. The van der Waals surface area contributed by atoms with Gasteiger partial charge in [0.15, 0.2) is 0 Å². The van der Waals surface area contributed by atoms with Crippen molar-refractivity contribution >= 4 is 0 Å². The third kappa shape index (κ3) is 2.80. The molecule has 1 aliphatic rings. The molecule has 1 saturated heterocycles. The molecule has 1 aliphatic heterocycles. The molecule has 17 heavy (non-hydrogen) atoms. The highest BCUT2D eigenvalue weighted by Gasteiger charge is 2.21. The standard InChI is InChI=1S/C13H16FN3/c1-2-13-11(6-15)5-10(7-16-13)8-17-4-3-12(14)9-17/h5,7,12H,2-4,8-9H2,1H3/t12-/m1/s1. The van der Waals surface area contributed by atoms with Gasteiger partial charge in [-0.3, -0.25) is 9.88 Å². The first-order valence-corrected chi connectivity index (χ1v) is 5.97. The molecule has 0 radical (unpaired) electrons. The number of aromatic nitrogens is 1. The Bertz CT molecular complexity index is 439. The van der Waals surface area contributed by atoms with Crippen molar-refractivity contribution < 1.29 is 4.39 Å². The van der Waals surface area contributed by atoms with E-state index in [2.05, 4.69) is 16.0 Å². The number of hydrogen-bond acceptors (Lipinski definition) is 3. The molecule has 0 unspecified atom stereocenters. The van der Waals surface area contributed by atoms with Crippen LogP contribution in [-0.4, -0.2) is 29.1 Å². The highest BCUT2D eigenvalue weighted by Crippen LogP contribution is 2.16. The van der Waals surface area contributed by atoms with Gasteiger partial charge in [-0.2, -0.15) is 5.26 Å². The maximum absolute atomic E-state index is 13.0. The zero-order valence-corrected chi connectivity index (χ0v) is 9.99. The summed E-state index contributed by atoms with van der Waals surface area (Å²) in [7, 11) is 0. The summed E-state index contributed by atoms with van der Waals surface area (Å²) in [4.78, 5) is 6.35. The first-order chi connectivity index (χ1) is 8.22. The largest absolute Gasteiger partial charge is 0.296 e. The predicted octanol–water partition coefficient (Wildman–Crippen LogP) is 2.06. The number of likely N-dealkylation sites (tertiary alicyclic amines) is 1. The van der Waals surface area contributed by atoms with E-state index < -0.39 is 6.17 Å². The maximum atomic E-state index is 13.0. The van der Waals surface area contributed by atoms with Gasteiger partial charge in [0.05, 0.1) is 11.3 Å². The van der Waals surface area contributed by atoms with E-state index in [0.29, 0.717) is 25.1 Å². The Morgan fingerprint density at radius 3 is 3.06 bits per heavy atom. The van der Waals surface area contributed by atoms with Crippen molar-refractivity contribution in [2.75, 3.05) is 13.1 Å². The molecule has 0 spiro atoms. The molecule has 2 rings (SSSR count). The quantitative estimate of drug-likeness (QED) is 0.802. The van der Waals surface area contributed by atoms with Crippen LogP contribution in [0.4, 0.5) is 4.39 Å². The van der Waals surface area contributed by atoms with E-state index in [1.54, 1.807) is 6.20 Å². The molecule has 4 heteroatoms. The molecule has 0 aromatic carbocycles. The van der Waals surface area contributed by atoms with Crippen molar-refractivity contribution in [1.29, 1.82) is 5.26 Å². The van der Waals surface area contributed by atoms with Gasteiger partial charge in [0.1, 0.15) is 12.2 Å². The number of alkyl halides is 1. The van der Waals surface area contributed by atoms with E-state index in [9.17, 15) is 4.39 Å². The first-order valence-electron chi connectivity index (χ1n) is 5.97. The van der Waals surface area contributed by atoms with E-state index in [0.717, 1.165) is 24.2 Å². The molecule has 1 aromatic heterocycles. The van der Waals surface area contributed by atoms with Crippen LogP contribution in [0.5, 0.6) is 0 Å². The second-order valence-electron chi connectivity index (χ2n) is 4.42. The van der Waals surface area contributed by atoms with Crippen molar-refractivity contribution in [3.8, 4) is 6.07 Å². The summed E-state index contributed by atoms with van der Waals surface area (Å²) in [5.74, 6) is 0. The number of rotatable bonds is 3. The average Bonchev–Trinajstić information content (AvgIpc) is 2.74. The number of halogens is 1. The Labute approximate surface area is 101 Å². The highest BCUT2D eigenvalue weighted by atomic mass is 19.1. The fourth-order valence-corrected chi connectivity index (χ4v) is 2.19.